The summed E-state index contributed by atoms with van der Waals surface area (Å²) in [5.41, 5.74) is 0. The molecule has 0 fully saturated rings. The van der Waals surface area contributed by atoms with Crippen LogP contribution in [0.3, 0.4) is 0 Å². The van der Waals surface area contributed by atoms with Gasteiger partial charge in [0.2, 0.25) is 0 Å². The fraction of sp³-hybridized carbons (Fsp3) is 0. The van der Waals surface area contributed by atoms with E-state index in [1.165, 1.54) is 0 Å². The summed E-state index contributed by atoms with van der Waals surface area (Å²) in [4.78, 5) is 0. The first-order valence-electron chi connectivity index (χ1n) is 26.7. The minimum Gasteiger partial charge on any atom is -0.102 e. The summed E-state index contributed by atoms with van der Waals surface area (Å²) in [6, 6.07) is 0. The van der Waals surface area contributed by atoms with Gasteiger partial charge in [0.25, 0.3) is 0 Å². The third-order valence-corrected chi connectivity index (χ3v) is 844. The molecule has 0 aliphatic rings. The highest BCUT2D eigenvalue weighted by Crippen LogP contribution is 3.53. The van der Waals surface area contributed by atoms with Crippen molar-refractivity contribution in [2.45, 2.75) is 0 Å². The Morgan fingerprint density at radius 3 is 0.239 bits per heavy atom. The van der Waals surface area contributed by atoms with E-state index < -0.39 is 398 Å². The molecular weight excluding hydrogens is 3620 g/mol. The summed E-state index contributed by atoms with van der Waals surface area (Å²) < 4.78 is 0. The van der Waals surface area contributed by atoms with Crippen molar-refractivity contribution in [1.29, 1.82) is 0 Å². The zero-order valence-electron chi connectivity index (χ0n) is 60.1. The van der Waals surface area contributed by atoms with E-state index in [0.29, 0.717) is 0 Å². The Kier molecular flexibility index (Phi) is 132. The Morgan fingerprint density at radius 1 is 0.0769 bits per heavy atom. The van der Waals surface area contributed by atoms with Gasteiger partial charge in [0, 0.05) is 0 Å². The maximum Gasteiger partial charge on any atom is -0.000359 e. The normalized spacial score (nSPS) is 15.8. The van der Waals surface area contributed by atoms with Crippen LogP contribution in [0.4, 0.5) is 0 Å². The highest BCUT2D eigenvalue weighted by molar-refractivity contribution is 9.59. The van der Waals surface area contributed by atoms with Crippen LogP contribution in [-0.2, 0) is 0 Å². The van der Waals surface area contributed by atoms with E-state index in [9.17, 15) is 0 Å². The van der Waals surface area contributed by atoms with E-state index in [-0.39, 0.29) is 0 Å². The van der Waals surface area contributed by atoms with E-state index in [0.717, 1.165) is 7.96 Å². The maximum atomic E-state index is 4.07. The van der Waals surface area contributed by atoms with Crippen LogP contribution >= 0.6 is 933 Å². The topological polar surface area (TPSA) is 0 Å². The van der Waals surface area contributed by atoms with Gasteiger partial charge in [0.05, 0.1) is 0 Å². The summed E-state index contributed by atoms with van der Waals surface area (Å²) in [7, 11) is 228. The second-order valence-electron chi connectivity index (χ2n) is 18.7. The van der Waals surface area contributed by atoms with Gasteiger partial charge in [-0.25, -0.2) is 0 Å². The molecule has 0 N–H and O–H groups in total. The van der Waals surface area contributed by atoms with E-state index in [4.69, 9.17) is 0 Å². The molecule has 0 aromatic carbocycles. The molecule has 0 amide bonds. The first-order valence-corrected chi connectivity index (χ1v) is 240. The lowest BCUT2D eigenvalue weighted by Gasteiger charge is -2.62. The third-order valence-electron chi connectivity index (χ3n) is 10.4. The van der Waals surface area contributed by atoms with E-state index in [2.05, 4.69) is 527 Å². The van der Waals surface area contributed by atoms with Crippen molar-refractivity contribution in [3.8, 4) is 0 Å². The second-order valence-corrected chi connectivity index (χ2v) is 506. The Bertz CT molecular complexity index is 2040. The Balaban J connectivity index is 15.3. The molecule has 0 heterocycles. The van der Waals surface area contributed by atoms with E-state index in [1.807, 2.05) is 0 Å². The van der Waals surface area contributed by atoms with Crippen molar-refractivity contribution in [2.24, 2.45) is 0 Å². The lowest BCUT2D eigenvalue weighted by molar-refractivity contribution is 4.32. The zero-order valence-corrected chi connectivity index (χ0v) is 180. The molecule has 0 aliphatic carbocycles. The van der Waals surface area contributed by atoms with E-state index in [1.54, 1.807) is 0 Å². The van der Waals surface area contributed by atoms with Gasteiger partial charge in [-0.3, -0.25) is 0 Å². The van der Waals surface area contributed by atoms with Crippen LogP contribution in [0.1, 0.15) is 0 Å². The van der Waals surface area contributed by atoms with Crippen LogP contribution < -0.4 is 0 Å². The fourth-order valence-electron chi connectivity index (χ4n) is 7.15. The van der Waals surface area contributed by atoms with Gasteiger partial charge in [0.15, 0.2) is 0 Å². The molecule has 0 aromatic heterocycles. The lowest BCUT2D eigenvalue weighted by Crippen LogP contribution is -1.74. The Morgan fingerprint density at radius 2 is 0.154 bits per heavy atom. The van der Waals surface area contributed by atoms with E-state index >= 15 is 0 Å². The van der Waals surface area contributed by atoms with Crippen molar-refractivity contribution in [2.75, 3.05) is 0 Å². The van der Waals surface area contributed by atoms with Crippen LogP contribution in [0.25, 0.3) is 0 Å². The first-order chi connectivity index (χ1) is 53.2. The molecule has 64 atom stereocenters. The van der Waals surface area contributed by atoms with Gasteiger partial charge in [-0.1, -0.05) is 0 Å². The highest BCUT2D eigenvalue weighted by Gasteiger charge is 2.66. The molecule has 0 aliphatic heterocycles. The largest absolute Gasteiger partial charge is 0.102 e. The molecule has 0 saturated heterocycles. The molecule has 0 aromatic rings. The minimum atomic E-state index is -0.685. The van der Waals surface area contributed by atoms with Crippen molar-refractivity contribution < 1.29 is 0 Å². The summed E-state index contributed by atoms with van der Waals surface area (Å²) in [6.07, 6.45) is 0. The van der Waals surface area contributed by atoms with Crippen molar-refractivity contribution in [3.63, 3.8) is 0 Å². The molecule has 64 unspecified atom stereocenters. The molecular formula is H119P117. The third kappa shape index (κ3) is 59.7. The number of hydrogen-bond donors (Lipinski definition) is 0. The Labute approximate surface area is 917 Å². The summed E-state index contributed by atoms with van der Waals surface area (Å²) in [6.45, 7) is -27.3. The minimum absolute atomic E-state index is 0.399. The molecule has 0 spiro atoms. The average molecular weight is 3740 g/mol. The quantitative estimate of drug-likeness (QED) is 0.0533. The predicted molar refractivity (Wildman–Crippen MR) is 976 cm³/mol. The van der Waals surface area contributed by atoms with Crippen molar-refractivity contribution in [3.05, 3.63) is 0 Å². The smallest absolute Gasteiger partial charge is 0.000359 e. The first kappa shape index (κ1) is 167. The summed E-state index contributed by atoms with van der Waals surface area (Å²) in [5, 5.41) is 0. The standard InChI is InChI=1S/H119P117/c1-61(2)90(59)107(93(62(3)4)63(5)6)108(94(64(7)8)65(9)10)91(109(112(95(66(11)12)67(13)14)96(68(15)16)69(17)18)113(97(70(19)20)71(21)22)98(72(23)24)73(25)26)60-92(110(114(99(74(27)28)75(29)30)100(76(31)32)77(33)34)115(101(78(35)36)79(37)38)102(80(39)40)81(41)42)111(116(103(82(43)44)83(45)46)104(84(47)48)85(49)50)117(105(86(51)52)87(53)54)106(88(55)56)89(57)58/h60H,1-59H2. The van der Waals surface area contributed by atoms with Crippen LogP contribution in [0.2, 0.25) is 0 Å². The number of hydrogen-bond acceptors (Lipinski definition) is 0. The van der Waals surface area contributed by atoms with Gasteiger partial charge in [-0.05, 0) is 406 Å². The highest BCUT2D eigenvalue weighted by atomic mass is 33.6. The maximum absolute atomic E-state index is 4.07. The molecule has 0 saturated carbocycles. The van der Waals surface area contributed by atoms with Gasteiger partial charge >= 0.3 is 0 Å². The van der Waals surface area contributed by atoms with Gasteiger partial charge in [0.1, 0.15) is 0 Å². The van der Waals surface area contributed by atoms with Gasteiger partial charge < -0.3 is 0 Å². The zero-order chi connectivity index (χ0) is 92.6. The lowest BCUT2D eigenvalue weighted by atomic mass is 28.4. The van der Waals surface area contributed by atoms with Crippen molar-refractivity contribution >= 4 is 933 Å². The molecule has 0 radical (unpaired) electrons. The summed E-state index contributed by atoms with van der Waals surface area (Å²) >= 11 is 0. The Hall–Kier alpha value is 50.3. The molecule has 0 bridgehead atoms. The molecule has 0 nitrogen and oxygen atoms in total. The monoisotopic (exact) mass is 3740 g/mol. The van der Waals surface area contributed by atoms with Crippen molar-refractivity contribution in [1.82, 2.24) is 0 Å². The molecule has 117 heteroatoms. The van der Waals surface area contributed by atoms with Crippen LogP contribution in [0, 0.1) is 0 Å². The van der Waals surface area contributed by atoms with Crippen LogP contribution in [0.5, 0.6) is 0 Å². The molecule has 0 rings (SSSR count). The van der Waals surface area contributed by atoms with Gasteiger partial charge in [-0.2, -0.15) is 0 Å². The summed E-state index contributed by atoms with van der Waals surface area (Å²) in [5.74, 6) is 0. The van der Waals surface area contributed by atoms with Crippen LogP contribution in [-0.4, -0.2) is 0 Å². The average Bonchev–Trinajstić information content (AvgIpc) is 0.720. The SMILES string of the molecule is PP(P)P(P)P(P(P(P)P)P(P)P)P(P(PP(P(P(P(P(P)P)P(P)P)P(P(P)P)P(P)P)P(P(P(P)P)P(P)P)P(P(P)P)P(P)P)P(P(P(P(P)P)P(P)P)P(P(P)P)P(P)P)P(P(P(P)P)P(P)P)P(P(P)P)P(P)P)P(P(P(P(P)P)P(P)P)P(P(P)P)P(P)P)P(P(P(P)P)P(P)P)P(P(P)P)P(P)P)P(P(P)P)P(P)P. The van der Waals surface area contributed by atoms with Crippen LogP contribution in [0.15, 0.2) is 0 Å². The molecule has 117 heavy (non-hydrogen) atoms. The predicted octanol–water partition coefficient (Wildman–Crippen LogP) is 68.9. The van der Waals surface area contributed by atoms with Gasteiger partial charge in [-0.15, -0.1) is 527 Å². The fourth-order valence-corrected chi connectivity index (χ4v) is 1740. The number of rotatable bonds is 57. The molecule has 704 valence electrons. The second kappa shape index (κ2) is 92.0.